The quantitative estimate of drug-likeness (QED) is 0.246. The molecule has 2 N–H and O–H groups in total. The van der Waals surface area contributed by atoms with Crippen molar-refractivity contribution in [3.05, 3.63) is 114 Å². The summed E-state index contributed by atoms with van der Waals surface area (Å²) in [5.74, 6) is -0.252. The predicted molar refractivity (Wildman–Crippen MR) is 144 cm³/mol. The number of rotatable bonds is 9. The minimum Gasteiger partial charge on any atom is -0.497 e. The van der Waals surface area contributed by atoms with Crippen molar-refractivity contribution in [3.63, 3.8) is 0 Å². The Kier molecular flexibility index (Phi) is 8.43. The van der Waals surface area contributed by atoms with Crippen LogP contribution in [0.25, 0.3) is 0 Å². The highest BCUT2D eigenvalue weighted by atomic mass is 32.2. The highest BCUT2D eigenvalue weighted by molar-refractivity contribution is 8.00. The van der Waals surface area contributed by atoms with Crippen LogP contribution < -0.4 is 20.1 Å². The molecule has 0 spiro atoms. The minimum absolute atomic E-state index is 0.0327. The highest BCUT2D eigenvalue weighted by Crippen LogP contribution is 2.38. The third-order valence-corrected chi connectivity index (χ3v) is 6.76. The number of benzene rings is 4. The average Bonchev–Trinajstić information content (AvgIpc) is 2.93. The highest BCUT2D eigenvalue weighted by Gasteiger charge is 2.23. The SMILES string of the molecule is COc1ccc(OC)c(NC(=O)C(Sc2ccc(NC(=O)c3ccccc3F)cc2)c2ccccc2)c1. The second-order valence-corrected chi connectivity index (χ2v) is 9.10. The zero-order chi connectivity index (χ0) is 26.2. The van der Waals surface area contributed by atoms with Gasteiger partial charge < -0.3 is 20.1 Å². The number of ether oxygens (including phenoxy) is 2. The van der Waals surface area contributed by atoms with Crippen molar-refractivity contribution in [3.8, 4) is 11.5 Å². The standard InChI is InChI=1S/C29H25FN2O4S/c1-35-21-14-17-26(36-2)25(18-21)32-29(34)27(19-8-4-3-5-9-19)37-22-15-12-20(13-16-22)31-28(33)23-10-6-7-11-24(23)30/h3-18,27H,1-2H3,(H,31,33)(H,32,34). The summed E-state index contributed by atoms with van der Waals surface area (Å²) in [6, 6.07) is 27.5. The Bertz CT molecular complexity index is 1380. The Morgan fingerprint density at radius 3 is 2.19 bits per heavy atom. The lowest BCUT2D eigenvalue weighted by Gasteiger charge is -2.19. The lowest BCUT2D eigenvalue weighted by Crippen LogP contribution is -2.19. The normalized spacial score (nSPS) is 11.3. The first kappa shape index (κ1) is 25.8. The van der Waals surface area contributed by atoms with Gasteiger partial charge in [-0.25, -0.2) is 4.39 Å². The number of carbonyl (C=O) groups is 2. The van der Waals surface area contributed by atoms with Crippen molar-refractivity contribution in [2.24, 2.45) is 0 Å². The van der Waals surface area contributed by atoms with Gasteiger partial charge >= 0.3 is 0 Å². The molecule has 0 aromatic heterocycles. The van der Waals surface area contributed by atoms with Crippen LogP contribution in [0.15, 0.2) is 102 Å². The number of methoxy groups -OCH3 is 2. The molecule has 1 atom stereocenters. The Morgan fingerprint density at radius 2 is 1.51 bits per heavy atom. The summed E-state index contributed by atoms with van der Waals surface area (Å²) in [7, 11) is 3.09. The molecule has 1 unspecified atom stereocenters. The molecule has 4 aromatic rings. The van der Waals surface area contributed by atoms with E-state index in [1.807, 2.05) is 30.3 Å². The number of amides is 2. The van der Waals surface area contributed by atoms with Crippen molar-refractivity contribution in [2.75, 3.05) is 24.9 Å². The smallest absolute Gasteiger partial charge is 0.258 e. The van der Waals surface area contributed by atoms with Crippen molar-refractivity contribution < 1.29 is 23.5 Å². The molecule has 0 fully saturated rings. The lowest BCUT2D eigenvalue weighted by atomic mass is 10.1. The van der Waals surface area contributed by atoms with Gasteiger partial charge in [-0.05, 0) is 54.1 Å². The fraction of sp³-hybridized carbons (Fsp3) is 0.103. The zero-order valence-electron chi connectivity index (χ0n) is 20.2. The summed E-state index contributed by atoms with van der Waals surface area (Å²) in [5, 5.41) is 5.08. The summed E-state index contributed by atoms with van der Waals surface area (Å²) >= 11 is 1.36. The van der Waals surface area contributed by atoms with E-state index in [1.54, 1.807) is 55.6 Å². The summed E-state index contributed by atoms with van der Waals surface area (Å²) in [6.45, 7) is 0. The third kappa shape index (κ3) is 6.48. The maximum absolute atomic E-state index is 13.9. The number of hydrogen-bond acceptors (Lipinski definition) is 5. The van der Waals surface area contributed by atoms with E-state index >= 15 is 0 Å². The van der Waals surface area contributed by atoms with E-state index in [1.165, 1.54) is 37.1 Å². The molecular weight excluding hydrogens is 491 g/mol. The lowest BCUT2D eigenvalue weighted by molar-refractivity contribution is -0.115. The molecule has 0 aliphatic carbocycles. The van der Waals surface area contributed by atoms with Crippen molar-refractivity contribution in [1.82, 2.24) is 0 Å². The van der Waals surface area contributed by atoms with E-state index in [-0.39, 0.29) is 11.5 Å². The molecule has 4 rings (SSSR count). The Labute approximate surface area is 218 Å². The number of thioether (sulfide) groups is 1. The second kappa shape index (κ2) is 12.1. The van der Waals surface area contributed by atoms with Crippen molar-refractivity contribution in [1.29, 1.82) is 0 Å². The fourth-order valence-electron chi connectivity index (χ4n) is 3.61. The number of halogens is 1. The van der Waals surface area contributed by atoms with Gasteiger partial charge in [0.2, 0.25) is 5.91 Å². The first-order valence-electron chi connectivity index (χ1n) is 11.4. The third-order valence-electron chi connectivity index (χ3n) is 5.49. The second-order valence-electron chi connectivity index (χ2n) is 7.92. The minimum atomic E-state index is -0.587. The van der Waals surface area contributed by atoms with E-state index in [0.29, 0.717) is 22.9 Å². The molecule has 2 amide bonds. The maximum Gasteiger partial charge on any atom is 0.258 e. The van der Waals surface area contributed by atoms with E-state index in [9.17, 15) is 14.0 Å². The zero-order valence-corrected chi connectivity index (χ0v) is 21.1. The molecule has 8 heteroatoms. The van der Waals surface area contributed by atoms with Crippen LogP contribution in [0.3, 0.4) is 0 Å². The molecule has 0 radical (unpaired) electrons. The maximum atomic E-state index is 13.9. The number of anilines is 2. The molecule has 37 heavy (non-hydrogen) atoms. The van der Waals surface area contributed by atoms with Gasteiger partial charge in [-0.15, -0.1) is 11.8 Å². The van der Waals surface area contributed by atoms with E-state index in [0.717, 1.165) is 10.5 Å². The van der Waals surface area contributed by atoms with Crippen LogP contribution in [0, 0.1) is 5.82 Å². The van der Waals surface area contributed by atoms with Gasteiger partial charge in [0.15, 0.2) is 0 Å². The van der Waals surface area contributed by atoms with E-state index in [2.05, 4.69) is 10.6 Å². The van der Waals surface area contributed by atoms with Crippen LogP contribution in [0.1, 0.15) is 21.2 Å². The van der Waals surface area contributed by atoms with Gasteiger partial charge in [-0.1, -0.05) is 42.5 Å². The summed E-state index contributed by atoms with van der Waals surface area (Å²) < 4.78 is 24.6. The molecule has 6 nitrogen and oxygen atoms in total. The molecule has 0 aliphatic heterocycles. The molecule has 4 aromatic carbocycles. The van der Waals surface area contributed by atoms with Gasteiger partial charge in [-0.2, -0.15) is 0 Å². The van der Waals surface area contributed by atoms with Crippen LogP contribution in [0.4, 0.5) is 15.8 Å². The molecular formula is C29H25FN2O4S. The monoisotopic (exact) mass is 516 g/mol. The molecule has 0 heterocycles. The van der Waals surface area contributed by atoms with Gasteiger partial charge in [0.25, 0.3) is 5.91 Å². The molecule has 0 aliphatic rings. The van der Waals surface area contributed by atoms with Crippen molar-refractivity contribution >= 4 is 35.0 Å². The Morgan fingerprint density at radius 1 is 0.811 bits per heavy atom. The Hall–Kier alpha value is -4.30. The van der Waals surface area contributed by atoms with Crippen LogP contribution in [-0.2, 0) is 4.79 Å². The van der Waals surface area contributed by atoms with Crippen LogP contribution in [0.5, 0.6) is 11.5 Å². The van der Waals surface area contributed by atoms with Gasteiger partial charge in [0, 0.05) is 16.6 Å². The number of nitrogens with one attached hydrogen (secondary N) is 2. The topological polar surface area (TPSA) is 76.7 Å². The fourth-order valence-corrected chi connectivity index (χ4v) is 4.63. The van der Waals surface area contributed by atoms with Gasteiger partial charge in [-0.3, -0.25) is 9.59 Å². The van der Waals surface area contributed by atoms with Crippen LogP contribution in [0.2, 0.25) is 0 Å². The summed E-state index contributed by atoms with van der Waals surface area (Å²) in [4.78, 5) is 26.7. The Balaban J connectivity index is 1.53. The first-order chi connectivity index (χ1) is 18.0. The number of carbonyl (C=O) groups excluding carboxylic acids is 2. The first-order valence-corrected chi connectivity index (χ1v) is 12.3. The number of hydrogen-bond donors (Lipinski definition) is 2. The molecule has 0 saturated carbocycles. The summed E-state index contributed by atoms with van der Waals surface area (Å²) in [5.41, 5.74) is 1.80. The molecule has 0 bridgehead atoms. The van der Waals surface area contributed by atoms with Crippen molar-refractivity contribution in [2.45, 2.75) is 10.1 Å². The van der Waals surface area contributed by atoms with Gasteiger partial charge in [0.1, 0.15) is 22.6 Å². The molecule has 0 saturated heterocycles. The molecule has 188 valence electrons. The van der Waals surface area contributed by atoms with E-state index < -0.39 is 17.0 Å². The van der Waals surface area contributed by atoms with Crippen LogP contribution in [-0.4, -0.2) is 26.0 Å². The average molecular weight is 517 g/mol. The predicted octanol–water partition coefficient (Wildman–Crippen LogP) is 6.57. The van der Waals surface area contributed by atoms with E-state index in [4.69, 9.17) is 9.47 Å². The van der Waals surface area contributed by atoms with Gasteiger partial charge in [0.05, 0.1) is 25.5 Å². The van der Waals surface area contributed by atoms with Crippen LogP contribution >= 0.6 is 11.8 Å². The largest absolute Gasteiger partial charge is 0.497 e. The summed E-state index contributed by atoms with van der Waals surface area (Å²) in [6.07, 6.45) is 0.